The van der Waals surface area contributed by atoms with Gasteiger partial charge in [-0.15, -0.1) is 23.7 Å². The van der Waals surface area contributed by atoms with E-state index in [1.54, 1.807) is 6.07 Å². The number of rotatable bonds is 8. The highest BCUT2D eigenvalue weighted by atomic mass is 35.5. The van der Waals surface area contributed by atoms with Crippen molar-refractivity contribution in [3.8, 4) is 0 Å². The Labute approximate surface area is 124 Å². The van der Waals surface area contributed by atoms with Crippen LogP contribution in [-0.4, -0.2) is 30.8 Å². The van der Waals surface area contributed by atoms with Crippen molar-refractivity contribution >= 4 is 35.4 Å². The monoisotopic (exact) mass is 304 g/mol. The summed E-state index contributed by atoms with van der Waals surface area (Å²) in [5.41, 5.74) is 0. The van der Waals surface area contributed by atoms with Gasteiger partial charge in [0, 0.05) is 25.4 Å². The molecule has 0 aliphatic carbocycles. The highest BCUT2D eigenvalue weighted by molar-refractivity contribution is 7.12. The number of amides is 1. The van der Waals surface area contributed by atoms with Crippen LogP contribution in [0.2, 0.25) is 0 Å². The van der Waals surface area contributed by atoms with Gasteiger partial charge >= 0.3 is 0 Å². The average Bonchev–Trinajstić information content (AvgIpc) is 2.87. The fourth-order valence-electron chi connectivity index (χ4n) is 1.56. The lowest BCUT2D eigenvalue weighted by Gasteiger charge is -2.12. The largest absolute Gasteiger partial charge is 0.355 e. The second kappa shape index (κ2) is 9.95. The second-order valence-electron chi connectivity index (χ2n) is 4.16. The van der Waals surface area contributed by atoms with E-state index < -0.39 is 0 Å². The molecule has 108 valence electrons. The van der Waals surface area contributed by atoms with Gasteiger partial charge in [-0.1, -0.05) is 13.0 Å². The molecule has 0 spiro atoms. The van der Waals surface area contributed by atoms with Gasteiger partial charge in [0.2, 0.25) is 5.91 Å². The van der Waals surface area contributed by atoms with Crippen molar-refractivity contribution < 1.29 is 9.59 Å². The van der Waals surface area contributed by atoms with Crippen LogP contribution in [0, 0.1) is 0 Å². The minimum atomic E-state index is -0.0651. The molecular weight excluding hydrogens is 284 g/mol. The molecule has 0 aromatic carbocycles. The average molecular weight is 305 g/mol. The van der Waals surface area contributed by atoms with Crippen LogP contribution in [0.3, 0.4) is 0 Å². The lowest BCUT2D eigenvalue weighted by atomic mass is 10.2. The van der Waals surface area contributed by atoms with Gasteiger partial charge < -0.3 is 10.6 Å². The first-order chi connectivity index (χ1) is 8.63. The number of halogens is 1. The van der Waals surface area contributed by atoms with Gasteiger partial charge in [0.1, 0.15) is 0 Å². The molecular formula is C13H21ClN2O2S. The van der Waals surface area contributed by atoms with Gasteiger partial charge in [-0.25, -0.2) is 0 Å². The molecule has 0 radical (unpaired) electrons. The van der Waals surface area contributed by atoms with E-state index in [9.17, 15) is 9.59 Å². The van der Waals surface area contributed by atoms with Crippen molar-refractivity contribution in [3.63, 3.8) is 0 Å². The number of nitrogens with one attached hydrogen (secondary N) is 2. The molecule has 19 heavy (non-hydrogen) atoms. The normalized spacial score (nSPS) is 11.5. The Bertz CT molecular complexity index is 382. The van der Waals surface area contributed by atoms with Crippen molar-refractivity contribution in [2.45, 2.75) is 32.7 Å². The number of hydrogen-bond acceptors (Lipinski definition) is 4. The minimum Gasteiger partial charge on any atom is -0.355 e. The van der Waals surface area contributed by atoms with E-state index in [2.05, 4.69) is 10.6 Å². The van der Waals surface area contributed by atoms with Crippen LogP contribution in [0.15, 0.2) is 17.5 Å². The molecule has 0 fully saturated rings. The van der Waals surface area contributed by atoms with Gasteiger partial charge in [0.25, 0.3) is 0 Å². The molecule has 1 amide bonds. The summed E-state index contributed by atoms with van der Waals surface area (Å²) in [7, 11) is 0. The summed E-state index contributed by atoms with van der Waals surface area (Å²) in [5, 5.41) is 7.89. The summed E-state index contributed by atoms with van der Waals surface area (Å²) in [4.78, 5) is 23.9. The number of carbonyl (C=O) groups is 2. The van der Waals surface area contributed by atoms with E-state index in [0.717, 1.165) is 11.4 Å². The molecule has 2 N–H and O–H groups in total. The number of carbonyl (C=O) groups excluding carboxylic acids is 2. The van der Waals surface area contributed by atoms with Gasteiger partial charge in [0.05, 0.1) is 4.88 Å². The maximum absolute atomic E-state index is 11.7. The number of hydrogen-bond donors (Lipinski definition) is 2. The van der Waals surface area contributed by atoms with Crippen molar-refractivity contribution in [1.29, 1.82) is 0 Å². The maximum Gasteiger partial charge on any atom is 0.220 e. The Hall–Kier alpha value is -0.910. The van der Waals surface area contributed by atoms with Crippen molar-refractivity contribution in [2.24, 2.45) is 0 Å². The highest BCUT2D eigenvalue weighted by Crippen LogP contribution is 2.12. The summed E-state index contributed by atoms with van der Waals surface area (Å²) < 4.78 is 0. The van der Waals surface area contributed by atoms with Crippen LogP contribution < -0.4 is 10.6 Å². The molecule has 1 aromatic rings. The molecule has 0 bridgehead atoms. The van der Waals surface area contributed by atoms with Gasteiger partial charge in [-0.3, -0.25) is 9.59 Å². The third-order valence-electron chi connectivity index (χ3n) is 2.53. The Balaban J connectivity index is 0.00000324. The predicted molar refractivity (Wildman–Crippen MR) is 81.3 cm³/mol. The van der Waals surface area contributed by atoms with Crippen LogP contribution in [0.25, 0.3) is 0 Å². The fourth-order valence-corrected chi connectivity index (χ4v) is 2.26. The third-order valence-corrected chi connectivity index (χ3v) is 3.44. The van der Waals surface area contributed by atoms with Crippen molar-refractivity contribution in [3.05, 3.63) is 22.4 Å². The summed E-state index contributed by atoms with van der Waals surface area (Å²) in [6.45, 7) is 5.52. The molecule has 0 saturated carbocycles. The van der Waals surface area contributed by atoms with Gasteiger partial charge in [-0.05, 0) is 24.9 Å². The third kappa shape index (κ3) is 7.30. The summed E-state index contributed by atoms with van der Waals surface area (Å²) in [6, 6.07) is 3.89. The first-order valence-electron chi connectivity index (χ1n) is 6.20. The van der Waals surface area contributed by atoms with Gasteiger partial charge in [-0.2, -0.15) is 0 Å². The van der Waals surface area contributed by atoms with Crippen LogP contribution >= 0.6 is 23.7 Å². The zero-order valence-electron chi connectivity index (χ0n) is 11.3. The molecule has 4 nitrogen and oxygen atoms in total. The molecule has 1 atom stereocenters. The second-order valence-corrected chi connectivity index (χ2v) is 5.11. The van der Waals surface area contributed by atoms with Crippen molar-refractivity contribution in [2.75, 3.05) is 13.1 Å². The molecule has 1 rings (SSSR count). The highest BCUT2D eigenvalue weighted by Gasteiger charge is 2.10. The van der Waals surface area contributed by atoms with Crippen LogP contribution in [0.5, 0.6) is 0 Å². The molecule has 0 aliphatic heterocycles. The Morgan fingerprint density at radius 1 is 1.37 bits per heavy atom. The standard InChI is InChI=1S/C13H20N2O2S.ClH/c1-3-14-10(2)9-15-13(17)7-6-11(16)12-5-4-8-18-12;/h4-5,8,10,14H,3,6-7,9H2,1-2H3,(H,15,17);1H/t10-;/m1./s1. The topological polar surface area (TPSA) is 58.2 Å². The Kier molecular flexibility index (Phi) is 9.47. The first kappa shape index (κ1) is 18.1. The van der Waals surface area contributed by atoms with Crippen LogP contribution in [0.4, 0.5) is 0 Å². The first-order valence-corrected chi connectivity index (χ1v) is 7.08. The Morgan fingerprint density at radius 2 is 2.11 bits per heavy atom. The molecule has 1 heterocycles. The zero-order valence-corrected chi connectivity index (χ0v) is 12.9. The van der Waals surface area contributed by atoms with E-state index in [1.165, 1.54) is 11.3 Å². The SMILES string of the molecule is CCN[C@H](C)CNC(=O)CCC(=O)c1cccs1.Cl. The van der Waals surface area contributed by atoms with E-state index >= 15 is 0 Å². The lowest BCUT2D eigenvalue weighted by Crippen LogP contribution is -2.38. The van der Waals surface area contributed by atoms with Gasteiger partial charge in [0.15, 0.2) is 5.78 Å². The van der Waals surface area contributed by atoms with E-state index in [0.29, 0.717) is 6.54 Å². The molecule has 0 saturated heterocycles. The molecule has 6 heteroatoms. The minimum absolute atomic E-state index is 0. The van der Waals surface area contributed by atoms with Crippen LogP contribution in [-0.2, 0) is 4.79 Å². The quantitative estimate of drug-likeness (QED) is 0.724. The Morgan fingerprint density at radius 3 is 2.68 bits per heavy atom. The maximum atomic E-state index is 11.7. The fraction of sp³-hybridized carbons (Fsp3) is 0.538. The summed E-state index contributed by atoms with van der Waals surface area (Å²) >= 11 is 1.42. The van der Waals surface area contributed by atoms with E-state index in [1.807, 2.05) is 25.3 Å². The number of thiophene rings is 1. The smallest absolute Gasteiger partial charge is 0.220 e. The molecule has 0 aliphatic rings. The summed E-state index contributed by atoms with van der Waals surface area (Å²) in [6.07, 6.45) is 0.539. The zero-order chi connectivity index (χ0) is 13.4. The van der Waals surface area contributed by atoms with Crippen LogP contribution in [0.1, 0.15) is 36.4 Å². The number of likely N-dealkylation sites (N-methyl/N-ethyl adjacent to an activating group) is 1. The number of ketones is 1. The van der Waals surface area contributed by atoms with E-state index in [-0.39, 0.29) is 43.0 Å². The van der Waals surface area contributed by atoms with E-state index in [4.69, 9.17) is 0 Å². The molecule has 0 unspecified atom stereocenters. The van der Waals surface area contributed by atoms with Crippen molar-refractivity contribution in [1.82, 2.24) is 10.6 Å². The summed E-state index contributed by atoms with van der Waals surface area (Å²) in [5.74, 6) is -0.0236. The molecule has 1 aromatic heterocycles. The lowest BCUT2D eigenvalue weighted by molar-refractivity contribution is -0.121. The number of Topliss-reactive ketones (excluding diaryl/α,β-unsaturated/α-hetero) is 1. The predicted octanol–water partition coefficient (Wildman–Crippen LogP) is 2.25.